The van der Waals surface area contributed by atoms with Crippen molar-refractivity contribution in [3.63, 3.8) is 0 Å². The first kappa shape index (κ1) is 17.1. The molecule has 2 amide bonds. The number of nitrogens with zero attached hydrogens (tertiary/aromatic N) is 3. The van der Waals surface area contributed by atoms with Crippen molar-refractivity contribution in [2.24, 2.45) is 0 Å². The van der Waals surface area contributed by atoms with Gasteiger partial charge in [-0.1, -0.05) is 5.16 Å². The molecule has 1 fully saturated rings. The van der Waals surface area contributed by atoms with Gasteiger partial charge < -0.3 is 14.7 Å². The molecule has 8 heteroatoms. The molecule has 2 aliphatic rings. The Hall–Kier alpha value is -2.32. The van der Waals surface area contributed by atoms with Gasteiger partial charge in [0.05, 0.1) is 17.1 Å². The normalized spacial score (nSPS) is 17.7. The molecule has 0 saturated carbocycles. The van der Waals surface area contributed by atoms with Gasteiger partial charge in [-0.2, -0.15) is 0 Å². The van der Waals surface area contributed by atoms with Crippen LogP contribution in [0.15, 0.2) is 33.7 Å². The van der Waals surface area contributed by atoms with Crippen LogP contribution < -0.4 is 5.32 Å². The van der Waals surface area contributed by atoms with Crippen molar-refractivity contribution in [2.45, 2.75) is 18.4 Å². The molecular formula is C18H20N4O3S. The summed E-state index contributed by atoms with van der Waals surface area (Å²) in [5.41, 5.74) is 2.27. The number of hydrogen-bond donors (Lipinski definition) is 1. The van der Waals surface area contributed by atoms with Crippen molar-refractivity contribution in [1.82, 2.24) is 15.0 Å². The van der Waals surface area contributed by atoms with Gasteiger partial charge in [0.1, 0.15) is 5.76 Å². The first-order chi connectivity index (χ1) is 12.6. The van der Waals surface area contributed by atoms with Crippen LogP contribution >= 0.6 is 11.8 Å². The highest BCUT2D eigenvalue weighted by Gasteiger charge is 2.24. The predicted octanol–water partition coefficient (Wildman–Crippen LogP) is 1.99. The highest BCUT2D eigenvalue weighted by atomic mass is 32.2. The minimum Gasteiger partial charge on any atom is -0.361 e. The van der Waals surface area contributed by atoms with E-state index in [1.807, 2.05) is 30.0 Å². The average molecular weight is 372 g/mol. The fourth-order valence-electron chi connectivity index (χ4n) is 3.23. The summed E-state index contributed by atoms with van der Waals surface area (Å²) in [5, 5.41) is 6.86. The maximum atomic E-state index is 12.8. The summed E-state index contributed by atoms with van der Waals surface area (Å²) in [4.78, 5) is 29.5. The summed E-state index contributed by atoms with van der Waals surface area (Å²) in [6.07, 6.45) is 0. The Morgan fingerprint density at radius 2 is 2.08 bits per heavy atom. The van der Waals surface area contributed by atoms with E-state index >= 15 is 0 Å². The number of benzene rings is 1. The van der Waals surface area contributed by atoms with E-state index < -0.39 is 0 Å². The molecule has 3 heterocycles. The lowest BCUT2D eigenvalue weighted by Crippen LogP contribution is -2.48. The van der Waals surface area contributed by atoms with Crippen molar-refractivity contribution in [3.8, 4) is 0 Å². The molecule has 26 heavy (non-hydrogen) atoms. The van der Waals surface area contributed by atoms with Gasteiger partial charge in [0.15, 0.2) is 0 Å². The minimum atomic E-state index is -0.0243. The first-order valence-electron chi connectivity index (χ1n) is 8.59. The third kappa shape index (κ3) is 3.61. The lowest BCUT2D eigenvalue weighted by molar-refractivity contribution is -0.113. The minimum absolute atomic E-state index is 0.00885. The van der Waals surface area contributed by atoms with E-state index in [1.54, 1.807) is 6.07 Å². The highest BCUT2D eigenvalue weighted by molar-refractivity contribution is 8.00. The average Bonchev–Trinajstić information content (AvgIpc) is 3.06. The summed E-state index contributed by atoms with van der Waals surface area (Å²) < 4.78 is 5.10. The SMILES string of the molecule is Cc1cc(CN2CCN(C(=O)c3ccc4c(c3)NC(=O)CS4)CC2)no1. The Kier molecular flexibility index (Phi) is 4.69. The summed E-state index contributed by atoms with van der Waals surface area (Å²) in [5.74, 6) is 1.22. The maximum Gasteiger partial charge on any atom is 0.254 e. The molecule has 2 aliphatic heterocycles. The zero-order chi connectivity index (χ0) is 18.1. The lowest BCUT2D eigenvalue weighted by Gasteiger charge is -2.34. The molecule has 1 saturated heterocycles. The molecule has 1 N–H and O–H groups in total. The summed E-state index contributed by atoms with van der Waals surface area (Å²) in [6.45, 7) is 5.57. The molecule has 0 unspecified atom stereocenters. The van der Waals surface area contributed by atoms with Crippen LogP contribution in [0.2, 0.25) is 0 Å². The number of hydrogen-bond acceptors (Lipinski definition) is 6. The fourth-order valence-corrected chi connectivity index (χ4v) is 4.02. The standard InChI is InChI=1S/C18H20N4O3S/c1-12-8-14(20-25-12)10-21-4-6-22(7-5-21)18(24)13-2-3-16-15(9-13)19-17(23)11-26-16/h2-3,8-9H,4-7,10-11H2,1H3,(H,19,23). The van der Waals surface area contributed by atoms with Gasteiger partial charge in [0.2, 0.25) is 5.91 Å². The topological polar surface area (TPSA) is 78.7 Å². The van der Waals surface area contributed by atoms with Crippen molar-refractivity contribution in [3.05, 3.63) is 41.3 Å². The number of rotatable bonds is 3. The molecule has 2 aromatic rings. The van der Waals surface area contributed by atoms with Crippen LogP contribution in [0.5, 0.6) is 0 Å². The molecular weight excluding hydrogens is 352 g/mol. The fraction of sp³-hybridized carbons (Fsp3) is 0.389. The van der Waals surface area contributed by atoms with Crippen molar-refractivity contribution < 1.29 is 14.1 Å². The third-order valence-electron chi connectivity index (χ3n) is 4.58. The molecule has 136 valence electrons. The Labute approximate surface area is 155 Å². The Bertz CT molecular complexity index is 843. The summed E-state index contributed by atoms with van der Waals surface area (Å²) in [6, 6.07) is 7.48. The number of aromatic nitrogens is 1. The molecule has 1 aromatic heterocycles. The molecule has 0 atom stereocenters. The van der Waals surface area contributed by atoms with E-state index in [1.165, 1.54) is 11.8 Å². The number of fused-ring (bicyclic) bond motifs is 1. The monoisotopic (exact) mass is 372 g/mol. The molecule has 0 bridgehead atoms. The van der Waals surface area contributed by atoms with Crippen LogP contribution in [0.3, 0.4) is 0 Å². The van der Waals surface area contributed by atoms with Crippen LogP contribution in [-0.4, -0.2) is 58.7 Å². The zero-order valence-electron chi connectivity index (χ0n) is 14.5. The van der Waals surface area contributed by atoms with Gasteiger partial charge in [0.25, 0.3) is 5.91 Å². The number of aryl methyl sites for hydroxylation is 1. The smallest absolute Gasteiger partial charge is 0.254 e. The van der Waals surface area contributed by atoms with E-state index in [0.29, 0.717) is 24.4 Å². The number of thioether (sulfide) groups is 1. The van der Waals surface area contributed by atoms with Gasteiger partial charge in [-0.15, -0.1) is 11.8 Å². The van der Waals surface area contributed by atoms with Crippen LogP contribution in [-0.2, 0) is 11.3 Å². The molecule has 4 rings (SSSR count). The summed E-state index contributed by atoms with van der Waals surface area (Å²) in [7, 11) is 0. The van der Waals surface area contributed by atoms with E-state index in [4.69, 9.17) is 4.52 Å². The third-order valence-corrected chi connectivity index (χ3v) is 5.65. The van der Waals surface area contributed by atoms with E-state index in [9.17, 15) is 9.59 Å². The van der Waals surface area contributed by atoms with Crippen LogP contribution in [0.1, 0.15) is 21.8 Å². The lowest BCUT2D eigenvalue weighted by atomic mass is 10.1. The predicted molar refractivity (Wildman–Crippen MR) is 98.2 cm³/mol. The van der Waals surface area contributed by atoms with E-state index in [0.717, 1.165) is 41.7 Å². The molecule has 0 radical (unpaired) electrons. The quantitative estimate of drug-likeness (QED) is 0.888. The maximum absolute atomic E-state index is 12.8. The Morgan fingerprint density at radius 1 is 1.27 bits per heavy atom. The Balaban J connectivity index is 1.37. The number of amides is 2. The molecule has 0 spiro atoms. The van der Waals surface area contributed by atoms with Crippen molar-refractivity contribution in [1.29, 1.82) is 0 Å². The van der Waals surface area contributed by atoms with Crippen LogP contribution in [0.25, 0.3) is 0 Å². The highest BCUT2D eigenvalue weighted by Crippen LogP contribution is 2.32. The first-order valence-corrected chi connectivity index (χ1v) is 9.57. The second kappa shape index (κ2) is 7.13. The van der Waals surface area contributed by atoms with Gasteiger partial charge >= 0.3 is 0 Å². The molecule has 0 aliphatic carbocycles. The number of carbonyl (C=O) groups is 2. The van der Waals surface area contributed by atoms with Gasteiger partial charge in [-0.05, 0) is 25.1 Å². The largest absolute Gasteiger partial charge is 0.361 e. The second-order valence-electron chi connectivity index (χ2n) is 6.55. The van der Waals surface area contributed by atoms with Gasteiger partial charge in [0, 0.05) is 49.2 Å². The van der Waals surface area contributed by atoms with Gasteiger partial charge in [-0.25, -0.2) is 0 Å². The summed E-state index contributed by atoms with van der Waals surface area (Å²) >= 11 is 1.50. The zero-order valence-corrected chi connectivity index (χ0v) is 15.3. The number of anilines is 1. The number of nitrogens with one attached hydrogen (secondary N) is 1. The van der Waals surface area contributed by atoms with E-state index in [2.05, 4.69) is 15.4 Å². The van der Waals surface area contributed by atoms with Crippen molar-refractivity contribution in [2.75, 3.05) is 37.2 Å². The molecule has 7 nitrogen and oxygen atoms in total. The number of piperazine rings is 1. The van der Waals surface area contributed by atoms with Crippen LogP contribution in [0.4, 0.5) is 5.69 Å². The second-order valence-corrected chi connectivity index (χ2v) is 7.56. The van der Waals surface area contributed by atoms with Crippen molar-refractivity contribution >= 4 is 29.3 Å². The molecule has 1 aromatic carbocycles. The van der Waals surface area contributed by atoms with E-state index in [-0.39, 0.29) is 11.8 Å². The number of carbonyl (C=O) groups excluding carboxylic acids is 2. The Morgan fingerprint density at radius 3 is 2.81 bits per heavy atom. The van der Waals surface area contributed by atoms with Crippen LogP contribution in [0, 0.1) is 6.92 Å². The van der Waals surface area contributed by atoms with Gasteiger partial charge in [-0.3, -0.25) is 14.5 Å².